The first-order valence-electron chi connectivity index (χ1n) is 7.97. The van der Waals surface area contributed by atoms with E-state index in [1.54, 1.807) is 11.9 Å². The zero-order valence-electron chi connectivity index (χ0n) is 13.9. The Morgan fingerprint density at radius 2 is 2.04 bits per heavy atom. The molecule has 2 saturated heterocycles. The van der Waals surface area contributed by atoms with Crippen molar-refractivity contribution in [3.63, 3.8) is 0 Å². The van der Waals surface area contributed by atoms with Crippen LogP contribution < -0.4 is 5.56 Å². The van der Waals surface area contributed by atoms with E-state index in [1.807, 2.05) is 16.8 Å². The topological polar surface area (TPSA) is 88.9 Å². The number of aromatic nitrogens is 1. The molecule has 0 aliphatic carbocycles. The van der Waals surface area contributed by atoms with E-state index >= 15 is 0 Å². The molecule has 0 saturated carbocycles. The Bertz CT molecular complexity index is 943. The van der Waals surface area contributed by atoms with Gasteiger partial charge in [0.15, 0.2) is 6.61 Å². The van der Waals surface area contributed by atoms with E-state index in [2.05, 4.69) is 0 Å². The van der Waals surface area contributed by atoms with E-state index in [4.69, 9.17) is 4.74 Å². The number of ether oxygens (including phenoxy) is 1. The zero-order chi connectivity index (χ0) is 18.4. The number of hydrogen-bond donors (Lipinski definition) is 0. The highest BCUT2D eigenvalue weighted by Crippen LogP contribution is 2.28. The maximum atomic E-state index is 12.9. The van der Waals surface area contributed by atoms with Gasteiger partial charge in [-0.05, 0) is 22.4 Å². The summed E-state index contributed by atoms with van der Waals surface area (Å²) >= 11 is 1.48. The summed E-state index contributed by atoms with van der Waals surface area (Å²) in [5, 5.41) is 3.76. The third kappa shape index (κ3) is 2.60. The van der Waals surface area contributed by atoms with Gasteiger partial charge in [0.1, 0.15) is 0 Å². The standard InChI is InChI=1S/C17H15N3O5S/c1-18-7-13(12(4-14(18)21)10-2-3-26-9-10)16(23)19-5-11(6-19)20-15(22)8-25-17(20)24/h2-4,7,9,11H,5-6,8H2,1H3. The van der Waals surface area contributed by atoms with Crippen molar-refractivity contribution in [3.05, 3.63) is 45.0 Å². The number of likely N-dealkylation sites (tertiary alicyclic amines) is 1. The summed E-state index contributed by atoms with van der Waals surface area (Å²) in [6, 6.07) is 2.95. The minimum Gasteiger partial charge on any atom is -0.439 e. The molecule has 0 atom stereocenters. The first-order chi connectivity index (χ1) is 12.5. The van der Waals surface area contributed by atoms with Crippen molar-refractivity contribution >= 4 is 29.2 Å². The Morgan fingerprint density at radius 3 is 2.65 bits per heavy atom. The van der Waals surface area contributed by atoms with Gasteiger partial charge in [0.05, 0.1) is 11.6 Å². The molecule has 4 rings (SSSR count). The molecule has 2 aliphatic rings. The Morgan fingerprint density at radius 1 is 1.27 bits per heavy atom. The number of imide groups is 1. The second-order valence-electron chi connectivity index (χ2n) is 6.24. The van der Waals surface area contributed by atoms with Gasteiger partial charge in [0, 0.05) is 38.0 Å². The fraction of sp³-hybridized carbons (Fsp3) is 0.294. The average Bonchev–Trinajstić information content (AvgIpc) is 3.20. The van der Waals surface area contributed by atoms with Crippen molar-refractivity contribution in [2.75, 3.05) is 19.7 Å². The van der Waals surface area contributed by atoms with Gasteiger partial charge in [0.25, 0.3) is 17.4 Å². The summed E-state index contributed by atoms with van der Waals surface area (Å²) in [4.78, 5) is 50.9. The largest absolute Gasteiger partial charge is 0.439 e. The van der Waals surface area contributed by atoms with Gasteiger partial charge in [-0.2, -0.15) is 11.3 Å². The van der Waals surface area contributed by atoms with E-state index in [9.17, 15) is 19.2 Å². The SMILES string of the molecule is Cn1cc(C(=O)N2CC(N3C(=O)COC3=O)C2)c(-c2ccsc2)cc1=O. The number of pyridine rings is 1. The lowest BCUT2D eigenvalue weighted by atomic mass is 10.0. The highest BCUT2D eigenvalue weighted by molar-refractivity contribution is 7.08. The van der Waals surface area contributed by atoms with Gasteiger partial charge in [-0.1, -0.05) is 0 Å². The Balaban J connectivity index is 1.58. The number of amides is 3. The van der Waals surface area contributed by atoms with Gasteiger partial charge in [-0.15, -0.1) is 0 Å². The molecule has 0 aromatic carbocycles. The second-order valence-corrected chi connectivity index (χ2v) is 7.02. The first-order valence-corrected chi connectivity index (χ1v) is 8.91. The summed E-state index contributed by atoms with van der Waals surface area (Å²) in [6.45, 7) is 0.267. The molecule has 2 aromatic rings. The summed E-state index contributed by atoms with van der Waals surface area (Å²) in [6.07, 6.45) is 0.869. The zero-order valence-corrected chi connectivity index (χ0v) is 14.7. The lowest BCUT2D eigenvalue weighted by Crippen LogP contribution is -2.62. The molecule has 8 nitrogen and oxygen atoms in total. The smallest absolute Gasteiger partial charge is 0.417 e. The van der Waals surface area contributed by atoms with Crippen molar-refractivity contribution < 1.29 is 19.1 Å². The van der Waals surface area contributed by atoms with Crippen molar-refractivity contribution in [3.8, 4) is 11.1 Å². The number of carbonyl (C=O) groups is 3. The van der Waals surface area contributed by atoms with E-state index in [1.165, 1.54) is 28.2 Å². The molecule has 0 unspecified atom stereocenters. The Kier molecular flexibility index (Phi) is 3.87. The third-order valence-corrected chi connectivity index (χ3v) is 5.27. The molecular formula is C17H15N3O5S. The monoisotopic (exact) mass is 373 g/mol. The van der Waals surface area contributed by atoms with Crippen LogP contribution in [0, 0.1) is 0 Å². The van der Waals surface area contributed by atoms with Gasteiger partial charge in [-0.25, -0.2) is 9.69 Å². The van der Waals surface area contributed by atoms with Crippen LogP contribution in [-0.2, 0) is 16.6 Å². The number of aryl methyl sites for hydroxylation is 1. The fourth-order valence-corrected chi connectivity index (χ4v) is 3.78. The molecule has 0 radical (unpaired) electrons. The Labute approximate surface area is 152 Å². The molecule has 9 heteroatoms. The number of rotatable bonds is 3. The van der Waals surface area contributed by atoms with Gasteiger partial charge in [0.2, 0.25) is 0 Å². The van der Waals surface area contributed by atoms with E-state index < -0.39 is 6.09 Å². The van der Waals surface area contributed by atoms with Crippen molar-refractivity contribution in [1.29, 1.82) is 0 Å². The minimum absolute atomic E-state index is 0.199. The van der Waals surface area contributed by atoms with Crippen molar-refractivity contribution in [2.45, 2.75) is 6.04 Å². The maximum absolute atomic E-state index is 12.9. The summed E-state index contributed by atoms with van der Waals surface area (Å²) in [7, 11) is 1.59. The van der Waals surface area contributed by atoms with Crippen LogP contribution in [0.4, 0.5) is 4.79 Å². The molecular weight excluding hydrogens is 358 g/mol. The van der Waals surface area contributed by atoms with Gasteiger partial charge >= 0.3 is 6.09 Å². The van der Waals surface area contributed by atoms with Crippen molar-refractivity contribution in [1.82, 2.24) is 14.4 Å². The van der Waals surface area contributed by atoms with Crippen LogP contribution in [0.15, 0.2) is 33.9 Å². The maximum Gasteiger partial charge on any atom is 0.417 e. The van der Waals surface area contributed by atoms with Crippen LogP contribution in [0.2, 0.25) is 0 Å². The van der Waals surface area contributed by atoms with Crippen LogP contribution in [-0.4, -0.2) is 58.0 Å². The van der Waals surface area contributed by atoms with E-state index in [0.717, 1.165) is 10.5 Å². The second kappa shape index (κ2) is 6.10. The van der Waals surface area contributed by atoms with Crippen LogP contribution in [0.5, 0.6) is 0 Å². The summed E-state index contributed by atoms with van der Waals surface area (Å²) < 4.78 is 6.07. The minimum atomic E-state index is -0.659. The lowest BCUT2D eigenvalue weighted by Gasteiger charge is -2.42. The number of cyclic esters (lactones) is 1. The molecule has 134 valence electrons. The van der Waals surface area contributed by atoms with Crippen LogP contribution in [0.25, 0.3) is 11.1 Å². The highest BCUT2D eigenvalue weighted by atomic mass is 32.1. The molecule has 0 bridgehead atoms. The van der Waals surface area contributed by atoms with Gasteiger partial charge < -0.3 is 14.2 Å². The normalized spacial score (nSPS) is 17.4. The molecule has 2 aromatic heterocycles. The predicted octanol–water partition coefficient (Wildman–Crippen LogP) is 0.917. The summed E-state index contributed by atoms with van der Waals surface area (Å²) in [5.41, 5.74) is 1.61. The highest BCUT2D eigenvalue weighted by Gasteiger charge is 2.44. The summed E-state index contributed by atoms with van der Waals surface area (Å²) in [5.74, 6) is -0.619. The predicted molar refractivity (Wildman–Crippen MR) is 92.9 cm³/mol. The lowest BCUT2D eigenvalue weighted by molar-refractivity contribution is -0.129. The quantitative estimate of drug-likeness (QED) is 0.798. The third-order valence-electron chi connectivity index (χ3n) is 4.59. The van der Waals surface area contributed by atoms with E-state index in [-0.39, 0.29) is 43.1 Å². The molecule has 26 heavy (non-hydrogen) atoms. The molecule has 2 aliphatic heterocycles. The molecule has 4 heterocycles. The number of carbonyl (C=O) groups excluding carboxylic acids is 3. The number of nitrogens with zero attached hydrogens (tertiary/aromatic N) is 3. The van der Waals surface area contributed by atoms with Crippen LogP contribution >= 0.6 is 11.3 Å². The van der Waals surface area contributed by atoms with E-state index in [0.29, 0.717) is 11.1 Å². The van der Waals surface area contributed by atoms with Crippen LogP contribution in [0.3, 0.4) is 0 Å². The molecule has 0 spiro atoms. The molecule has 3 amide bonds. The fourth-order valence-electron chi connectivity index (χ4n) is 3.13. The molecule has 2 fully saturated rings. The Hall–Kier alpha value is -2.94. The van der Waals surface area contributed by atoms with Crippen LogP contribution in [0.1, 0.15) is 10.4 Å². The molecule has 0 N–H and O–H groups in total. The number of thiophene rings is 1. The number of hydrogen-bond acceptors (Lipinski definition) is 6. The average molecular weight is 373 g/mol. The first kappa shape index (κ1) is 16.5. The van der Waals surface area contributed by atoms with Gasteiger partial charge in [-0.3, -0.25) is 14.4 Å². The van der Waals surface area contributed by atoms with Crippen molar-refractivity contribution in [2.24, 2.45) is 7.05 Å².